The molecular weight excluding hydrogens is 294 g/mol. The molecule has 1 N–H and O–H groups in total. The van der Waals surface area contributed by atoms with Crippen LogP contribution in [0.1, 0.15) is 26.4 Å². The Labute approximate surface area is 126 Å². The van der Waals surface area contributed by atoms with Crippen LogP contribution in [0.5, 0.6) is 5.75 Å². The molecule has 2 heterocycles. The summed E-state index contributed by atoms with van der Waals surface area (Å²) in [4.78, 5) is 14.9. The summed E-state index contributed by atoms with van der Waals surface area (Å²) < 4.78 is 0. The zero-order valence-corrected chi connectivity index (χ0v) is 12.6. The second-order valence-electron chi connectivity index (χ2n) is 4.99. The van der Waals surface area contributed by atoms with Gasteiger partial charge in [-0.15, -0.1) is 11.3 Å². The van der Waals surface area contributed by atoms with Crippen molar-refractivity contribution in [2.75, 3.05) is 6.54 Å². The predicted octanol–water partition coefficient (Wildman–Crippen LogP) is 3.61. The van der Waals surface area contributed by atoms with Crippen molar-refractivity contribution in [3.8, 4) is 5.75 Å². The van der Waals surface area contributed by atoms with Crippen LogP contribution in [-0.2, 0) is 13.0 Å². The number of hydrogen-bond donors (Lipinski definition) is 1. The number of aryl methyl sites for hydroxylation is 1. The highest BCUT2D eigenvalue weighted by Gasteiger charge is 2.25. The molecule has 1 aliphatic rings. The number of phenols is 1. The first kappa shape index (κ1) is 13.5. The highest BCUT2D eigenvalue weighted by molar-refractivity contribution is 7.13. The Bertz CT molecular complexity index is 681. The van der Waals surface area contributed by atoms with Crippen LogP contribution in [0, 0.1) is 6.92 Å². The lowest BCUT2D eigenvalue weighted by Crippen LogP contribution is -2.35. The summed E-state index contributed by atoms with van der Waals surface area (Å²) in [6, 6.07) is 5.35. The van der Waals surface area contributed by atoms with Crippen LogP contribution in [0.4, 0.5) is 0 Å². The number of benzene rings is 1. The Morgan fingerprint density at radius 1 is 1.40 bits per heavy atom. The number of halogens is 1. The molecule has 104 valence electrons. The van der Waals surface area contributed by atoms with Crippen LogP contribution in [-0.4, -0.2) is 22.5 Å². The third-order valence-corrected chi connectivity index (χ3v) is 5.27. The number of phenolic OH excluding ortho intramolecular Hbond substituents is 1. The van der Waals surface area contributed by atoms with Crippen molar-refractivity contribution in [2.45, 2.75) is 19.9 Å². The van der Waals surface area contributed by atoms with E-state index in [1.54, 1.807) is 17.0 Å². The second-order valence-corrected chi connectivity index (χ2v) is 6.25. The minimum atomic E-state index is -0.0258. The highest BCUT2D eigenvalue weighted by Crippen LogP contribution is 2.30. The predicted molar refractivity (Wildman–Crippen MR) is 80.6 cm³/mol. The van der Waals surface area contributed by atoms with Crippen LogP contribution in [0.3, 0.4) is 0 Å². The van der Waals surface area contributed by atoms with Crippen molar-refractivity contribution in [3.05, 3.63) is 50.2 Å². The molecule has 0 aliphatic carbocycles. The molecule has 0 unspecified atom stereocenters. The van der Waals surface area contributed by atoms with Crippen LogP contribution in [0.25, 0.3) is 0 Å². The smallest absolute Gasteiger partial charge is 0.265 e. The van der Waals surface area contributed by atoms with Crippen molar-refractivity contribution in [1.82, 2.24) is 4.90 Å². The molecule has 0 fully saturated rings. The normalized spacial score (nSPS) is 14.2. The number of carbonyl (C=O) groups excluding carboxylic acids is 1. The number of aromatic hydroxyl groups is 1. The van der Waals surface area contributed by atoms with Crippen molar-refractivity contribution >= 4 is 28.8 Å². The third-order valence-electron chi connectivity index (χ3n) is 3.58. The quantitative estimate of drug-likeness (QED) is 0.874. The summed E-state index contributed by atoms with van der Waals surface area (Å²) in [5, 5.41) is 12.0. The van der Waals surface area contributed by atoms with Gasteiger partial charge >= 0.3 is 0 Å². The van der Waals surface area contributed by atoms with Gasteiger partial charge in [0, 0.05) is 13.1 Å². The molecule has 1 aromatic heterocycles. The zero-order valence-electron chi connectivity index (χ0n) is 11.0. The molecule has 3 nitrogen and oxygen atoms in total. The molecule has 0 saturated carbocycles. The average Bonchev–Trinajstić information content (AvgIpc) is 2.77. The van der Waals surface area contributed by atoms with E-state index in [1.807, 2.05) is 18.4 Å². The van der Waals surface area contributed by atoms with Gasteiger partial charge in [0.25, 0.3) is 5.91 Å². The summed E-state index contributed by atoms with van der Waals surface area (Å²) >= 11 is 7.56. The van der Waals surface area contributed by atoms with Gasteiger partial charge in [0.1, 0.15) is 10.6 Å². The molecule has 5 heteroatoms. The zero-order chi connectivity index (χ0) is 14.3. The molecule has 0 radical (unpaired) electrons. The fourth-order valence-corrected chi connectivity index (χ4v) is 3.68. The maximum absolute atomic E-state index is 12.5. The van der Waals surface area contributed by atoms with Crippen LogP contribution >= 0.6 is 22.9 Å². The van der Waals surface area contributed by atoms with Gasteiger partial charge in [0.05, 0.1) is 5.02 Å². The summed E-state index contributed by atoms with van der Waals surface area (Å²) in [7, 11) is 0. The van der Waals surface area contributed by atoms with Gasteiger partial charge in [-0.1, -0.05) is 17.7 Å². The topological polar surface area (TPSA) is 40.5 Å². The lowest BCUT2D eigenvalue weighted by atomic mass is 9.99. The Kier molecular flexibility index (Phi) is 3.44. The van der Waals surface area contributed by atoms with Crippen molar-refractivity contribution in [3.63, 3.8) is 0 Å². The maximum Gasteiger partial charge on any atom is 0.265 e. The summed E-state index contributed by atoms with van der Waals surface area (Å²) in [6.45, 7) is 3.11. The lowest BCUT2D eigenvalue weighted by molar-refractivity contribution is 0.0739. The summed E-state index contributed by atoms with van der Waals surface area (Å²) in [5.74, 6) is 0.213. The van der Waals surface area contributed by atoms with E-state index in [4.69, 9.17) is 11.6 Å². The molecule has 1 aromatic carbocycles. The average molecular weight is 308 g/mol. The number of amides is 1. The molecule has 20 heavy (non-hydrogen) atoms. The van der Waals surface area contributed by atoms with Crippen molar-refractivity contribution < 1.29 is 9.90 Å². The van der Waals surface area contributed by atoms with Gasteiger partial charge in [-0.25, -0.2) is 0 Å². The monoisotopic (exact) mass is 307 g/mol. The van der Waals surface area contributed by atoms with E-state index in [0.717, 1.165) is 17.5 Å². The number of hydrogen-bond acceptors (Lipinski definition) is 3. The van der Waals surface area contributed by atoms with Crippen LogP contribution < -0.4 is 0 Å². The van der Waals surface area contributed by atoms with Gasteiger partial charge in [0.15, 0.2) is 0 Å². The van der Waals surface area contributed by atoms with Gasteiger partial charge < -0.3 is 10.0 Å². The highest BCUT2D eigenvalue weighted by atomic mass is 35.5. The van der Waals surface area contributed by atoms with E-state index in [-0.39, 0.29) is 11.7 Å². The Morgan fingerprint density at radius 2 is 2.20 bits per heavy atom. The first-order valence-corrected chi connectivity index (χ1v) is 7.65. The fraction of sp³-hybridized carbons (Fsp3) is 0.267. The van der Waals surface area contributed by atoms with Gasteiger partial charge in [-0.3, -0.25) is 4.79 Å². The largest absolute Gasteiger partial charge is 0.508 e. The Hall–Kier alpha value is -1.52. The standard InChI is InChI=1S/C15H14ClNO2S/c1-9-8-20-14(13(9)16)15(19)17-5-4-10-2-3-12(18)6-11(10)7-17/h2-3,6,8,18H,4-5,7H2,1H3. The lowest BCUT2D eigenvalue weighted by Gasteiger charge is -2.28. The molecular formula is C15H14ClNO2S. The summed E-state index contributed by atoms with van der Waals surface area (Å²) in [5.41, 5.74) is 3.14. The van der Waals surface area contributed by atoms with E-state index < -0.39 is 0 Å². The minimum absolute atomic E-state index is 0.0258. The molecule has 2 aromatic rings. The van der Waals surface area contributed by atoms with Gasteiger partial charge in [-0.2, -0.15) is 0 Å². The molecule has 0 bridgehead atoms. The number of thiophene rings is 1. The Balaban J connectivity index is 1.86. The molecule has 0 saturated heterocycles. The summed E-state index contributed by atoms with van der Waals surface area (Å²) in [6.07, 6.45) is 0.809. The van der Waals surface area contributed by atoms with Gasteiger partial charge in [-0.05, 0) is 47.5 Å². The minimum Gasteiger partial charge on any atom is -0.508 e. The van der Waals surface area contributed by atoms with E-state index >= 15 is 0 Å². The fourth-order valence-electron chi connectivity index (χ4n) is 2.43. The third kappa shape index (κ3) is 2.30. The number of fused-ring (bicyclic) bond motifs is 1. The van der Waals surface area contributed by atoms with E-state index in [2.05, 4.69) is 0 Å². The first-order chi connectivity index (χ1) is 9.56. The van der Waals surface area contributed by atoms with E-state index in [9.17, 15) is 9.90 Å². The van der Waals surface area contributed by atoms with E-state index in [1.165, 1.54) is 16.9 Å². The van der Waals surface area contributed by atoms with Crippen molar-refractivity contribution in [1.29, 1.82) is 0 Å². The van der Waals surface area contributed by atoms with Crippen LogP contribution in [0.15, 0.2) is 23.6 Å². The maximum atomic E-state index is 12.5. The molecule has 3 rings (SSSR count). The number of carbonyl (C=O) groups is 1. The first-order valence-electron chi connectivity index (χ1n) is 6.40. The van der Waals surface area contributed by atoms with E-state index in [0.29, 0.717) is 23.0 Å². The van der Waals surface area contributed by atoms with Crippen molar-refractivity contribution in [2.24, 2.45) is 0 Å². The van der Waals surface area contributed by atoms with Crippen LogP contribution in [0.2, 0.25) is 5.02 Å². The molecule has 0 atom stereocenters. The molecule has 1 aliphatic heterocycles. The molecule has 0 spiro atoms. The number of rotatable bonds is 1. The second kappa shape index (κ2) is 5.11. The number of nitrogens with zero attached hydrogens (tertiary/aromatic N) is 1. The molecule has 1 amide bonds. The Morgan fingerprint density at radius 3 is 2.90 bits per heavy atom. The SMILES string of the molecule is Cc1csc(C(=O)N2CCc3ccc(O)cc3C2)c1Cl. The van der Waals surface area contributed by atoms with Gasteiger partial charge in [0.2, 0.25) is 0 Å².